The maximum atomic E-state index is 11.0. The van der Waals surface area contributed by atoms with E-state index < -0.39 is 5.79 Å². The molecule has 0 aliphatic carbocycles. The highest BCUT2D eigenvalue weighted by Gasteiger charge is 2.42. The van der Waals surface area contributed by atoms with Crippen LogP contribution in [0.2, 0.25) is 5.02 Å². The first kappa shape index (κ1) is 19.3. The zero-order valence-electron chi connectivity index (χ0n) is 16.2. The van der Waals surface area contributed by atoms with Crippen LogP contribution < -0.4 is 0 Å². The third-order valence-corrected chi connectivity index (χ3v) is 7.02. The van der Waals surface area contributed by atoms with Crippen molar-refractivity contribution in [3.05, 3.63) is 45.6 Å². The van der Waals surface area contributed by atoms with Crippen LogP contribution in [0, 0.1) is 0 Å². The molecule has 9 heteroatoms. The molecule has 29 heavy (non-hydrogen) atoms. The van der Waals surface area contributed by atoms with Crippen LogP contribution in [-0.2, 0) is 15.9 Å². The third kappa shape index (κ3) is 3.43. The van der Waals surface area contributed by atoms with Gasteiger partial charge in [-0.1, -0.05) is 42.0 Å². The first-order valence-electron chi connectivity index (χ1n) is 9.93. The van der Waals surface area contributed by atoms with Gasteiger partial charge < -0.3 is 14.6 Å². The highest BCUT2D eigenvalue weighted by molar-refractivity contribution is 7.17. The molecule has 2 aromatic heterocycles. The molecule has 0 radical (unpaired) electrons. The molecule has 7 nitrogen and oxygen atoms in total. The van der Waals surface area contributed by atoms with Crippen molar-refractivity contribution in [1.29, 1.82) is 0 Å². The van der Waals surface area contributed by atoms with Gasteiger partial charge in [0.15, 0.2) is 11.6 Å². The van der Waals surface area contributed by atoms with Gasteiger partial charge in [-0.3, -0.25) is 4.90 Å². The lowest BCUT2D eigenvalue weighted by atomic mass is 9.97. The fourth-order valence-electron chi connectivity index (χ4n) is 4.23. The second-order valence-corrected chi connectivity index (χ2v) is 8.91. The molecule has 154 valence electrons. The van der Waals surface area contributed by atoms with E-state index in [9.17, 15) is 5.11 Å². The van der Waals surface area contributed by atoms with E-state index in [2.05, 4.69) is 21.0 Å². The van der Waals surface area contributed by atoms with Crippen molar-refractivity contribution in [2.45, 2.75) is 38.0 Å². The summed E-state index contributed by atoms with van der Waals surface area (Å²) in [6.07, 6.45) is 2.33. The minimum absolute atomic E-state index is 0.133. The first-order chi connectivity index (χ1) is 14.1. The molecule has 2 aliphatic heterocycles. The number of hydrogen-bond donors (Lipinski definition) is 1. The number of thiazole rings is 1. The second kappa shape index (κ2) is 7.52. The lowest BCUT2D eigenvalue weighted by molar-refractivity contribution is -0.187. The molecule has 3 aromatic rings. The zero-order valence-corrected chi connectivity index (χ0v) is 17.7. The Kier molecular flexibility index (Phi) is 4.99. The maximum Gasteiger partial charge on any atom is 0.230 e. The van der Waals surface area contributed by atoms with Crippen molar-refractivity contribution in [3.63, 3.8) is 0 Å². The van der Waals surface area contributed by atoms with Gasteiger partial charge in [-0.25, -0.2) is 4.98 Å². The zero-order chi connectivity index (χ0) is 20.0. The smallest absolute Gasteiger partial charge is 0.230 e. The van der Waals surface area contributed by atoms with Crippen molar-refractivity contribution in [3.8, 4) is 5.88 Å². The van der Waals surface area contributed by atoms with E-state index in [0.29, 0.717) is 23.2 Å². The van der Waals surface area contributed by atoms with Gasteiger partial charge in [0.1, 0.15) is 0 Å². The van der Waals surface area contributed by atoms with E-state index in [1.807, 2.05) is 25.1 Å². The molecule has 1 atom stereocenters. The Morgan fingerprint density at radius 2 is 2.03 bits per heavy atom. The average Bonchev–Trinajstić information content (AvgIpc) is 3.42. The number of likely N-dealkylation sites (tertiary alicyclic amines) is 1. The Hall–Kier alpha value is -1.71. The summed E-state index contributed by atoms with van der Waals surface area (Å²) in [6, 6.07) is 7.69. The Morgan fingerprint density at radius 3 is 2.69 bits per heavy atom. The summed E-state index contributed by atoms with van der Waals surface area (Å²) < 4.78 is 13.3. The standard InChI is InChI=1S/C20H23ClN4O3S/c1-2-15-22-19-25(23-15)18(26)17(29-19)16(13-4-3-5-14(21)12-13)24-8-6-20(7-9-24)27-10-11-28-20/h3-5,12,16,26H,2,6-11H2,1H3/t16-/m0/s1. The lowest BCUT2D eigenvalue weighted by Crippen LogP contribution is -2.46. The average molecular weight is 435 g/mol. The molecule has 0 amide bonds. The van der Waals surface area contributed by atoms with Gasteiger partial charge in [0, 0.05) is 37.4 Å². The normalized spacial score (nSPS) is 20.6. The molecular weight excluding hydrogens is 412 g/mol. The summed E-state index contributed by atoms with van der Waals surface area (Å²) in [6.45, 7) is 4.91. The summed E-state index contributed by atoms with van der Waals surface area (Å²) in [5.74, 6) is 0.433. The largest absolute Gasteiger partial charge is 0.492 e. The lowest BCUT2D eigenvalue weighted by Gasteiger charge is -2.41. The third-order valence-electron chi connectivity index (χ3n) is 5.71. The van der Waals surface area contributed by atoms with Crippen LogP contribution in [-0.4, -0.2) is 56.7 Å². The molecule has 1 aromatic carbocycles. The van der Waals surface area contributed by atoms with Gasteiger partial charge in [-0.2, -0.15) is 4.52 Å². The Bertz CT molecular complexity index is 1020. The van der Waals surface area contributed by atoms with Crippen molar-refractivity contribution >= 4 is 27.9 Å². The first-order valence-corrected chi connectivity index (χ1v) is 11.1. The molecule has 2 aliphatic rings. The summed E-state index contributed by atoms with van der Waals surface area (Å²) in [5.41, 5.74) is 1.04. The number of halogens is 1. The number of hydrogen-bond acceptors (Lipinski definition) is 7. The predicted molar refractivity (Wildman–Crippen MR) is 111 cm³/mol. The minimum atomic E-state index is -0.445. The van der Waals surface area contributed by atoms with E-state index in [1.165, 1.54) is 11.3 Å². The molecule has 1 N–H and O–H groups in total. The van der Waals surface area contributed by atoms with Crippen LogP contribution in [0.3, 0.4) is 0 Å². The van der Waals surface area contributed by atoms with E-state index in [-0.39, 0.29) is 11.9 Å². The van der Waals surface area contributed by atoms with Gasteiger partial charge in [0.05, 0.1) is 24.1 Å². The molecule has 0 unspecified atom stereocenters. The molecular formula is C20H23ClN4O3S. The fourth-order valence-corrected chi connectivity index (χ4v) is 5.57. The predicted octanol–water partition coefficient (Wildman–Crippen LogP) is 3.64. The molecule has 0 saturated carbocycles. The summed E-state index contributed by atoms with van der Waals surface area (Å²) in [7, 11) is 0. The number of rotatable bonds is 4. The van der Waals surface area contributed by atoms with Crippen LogP contribution in [0.4, 0.5) is 0 Å². The van der Waals surface area contributed by atoms with Crippen LogP contribution in [0.1, 0.15) is 42.1 Å². The number of fused-ring (bicyclic) bond motifs is 1. The van der Waals surface area contributed by atoms with E-state index in [0.717, 1.165) is 48.6 Å². The number of aromatic hydroxyl groups is 1. The number of nitrogens with zero attached hydrogens (tertiary/aromatic N) is 4. The molecule has 2 saturated heterocycles. The van der Waals surface area contributed by atoms with Crippen molar-refractivity contribution < 1.29 is 14.6 Å². The highest BCUT2D eigenvalue weighted by Crippen LogP contribution is 2.43. The van der Waals surface area contributed by atoms with Gasteiger partial charge >= 0.3 is 0 Å². The van der Waals surface area contributed by atoms with Crippen LogP contribution in [0.15, 0.2) is 24.3 Å². The topological polar surface area (TPSA) is 72.1 Å². The van der Waals surface area contributed by atoms with Gasteiger partial charge in [0.25, 0.3) is 0 Å². The molecule has 1 spiro atoms. The van der Waals surface area contributed by atoms with Crippen molar-refractivity contribution in [2.24, 2.45) is 0 Å². The van der Waals surface area contributed by atoms with Crippen LogP contribution in [0.25, 0.3) is 4.96 Å². The number of piperidine rings is 1. The molecule has 5 rings (SSSR count). The van der Waals surface area contributed by atoms with E-state index in [1.54, 1.807) is 4.52 Å². The van der Waals surface area contributed by atoms with Crippen molar-refractivity contribution in [2.75, 3.05) is 26.3 Å². The molecule has 2 fully saturated rings. The molecule has 0 bridgehead atoms. The maximum absolute atomic E-state index is 11.0. The highest BCUT2D eigenvalue weighted by atomic mass is 35.5. The summed E-state index contributed by atoms with van der Waals surface area (Å²) in [4.78, 5) is 8.42. The SMILES string of the molecule is CCc1nc2sc([C@H](c3cccc(Cl)c3)N3CCC4(CC3)OCCO4)c(O)n2n1. The van der Waals surface area contributed by atoms with Crippen molar-refractivity contribution in [1.82, 2.24) is 19.5 Å². The number of benzene rings is 1. The summed E-state index contributed by atoms with van der Waals surface area (Å²) >= 11 is 7.78. The summed E-state index contributed by atoms with van der Waals surface area (Å²) in [5, 5.41) is 16.1. The Balaban J connectivity index is 1.53. The van der Waals surface area contributed by atoms with Crippen LogP contribution >= 0.6 is 22.9 Å². The van der Waals surface area contributed by atoms with Gasteiger partial charge in [-0.15, -0.1) is 5.10 Å². The van der Waals surface area contributed by atoms with Crippen LogP contribution in [0.5, 0.6) is 5.88 Å². The monoisotopic (exact) mass is 434 g/mol. The quantitative estimate of drug-likeness (QED) is 0.675. The molecule has 4 heterocycles. The number of ether oxygens (including phenoxy) is 2. The van der Waals surface area contributed by atoms with Gasteiger partial charge in [0.2, 0.25) is 10.8 Å². The minimum Gasteiger partial charge on any atom is -0.492 e. The Labute approximate surface area is 177 Å². The van der Waals surface area contributed by atoms with E-state index >= 15 is 0 Å². The second-order valence-electron chi connectivity index (χ2n) is 7.47. The van der Waals surface area contributed by atoms with E-state index in [4.69, 9.17) is 21.1 Å². The number of aryl methyl sites for hydroxylation is 1. The van der Waals surface area contributed by atoms with Gasteiger partial charge in [-0.05, 0) is 17.7 Å². The fraction of sp³-hybridized carbons (Fsp3) is 0.500. The number of aromatic nitrogens is 3. The Morgan fingerprint density at radius 1 is 1.28 bits per heavy atom.